The molecule has 2 aromatic rings. The molecule has 3 rings (SSSR count). The fraction of sp³-hybridized carbons (Fsp3) is 0.533. The summed E-state index contributed by atoms with van der Waals surface area (Å²) < 4.78 is 1.29. The molecule has 0 spiro atoms. The molecule has 3 heteroatoms. The highest BCUT2D eigenvalue weighted by atomic mass is 32.1. The van der Waals surface area contributed by atoms with Crippen molar-refractivity contribution in [2.24, 2.45) is 5.41 Å². The average Bonchev–Trinajstić information content (AvgIpc) is 2.81. The summed E-state index contributed by atoms with van der Waals surface area (Å²) in [5.74, 6) is 0. The van der Waals surface area contributed by atoms with Crippen molar-refractivity contribution < 1.29 is 0 Å². The highest BCUT2D eigenvalue weighted by Gasteiger charge is 2.34. The number of aryl methyl sites for hydroxylation is 1. The third kappa shape index (κ3) is 2.12. The molecule has 1 fully saturated rings. The largest absolute Gasteiger partial charge is 0.382 e. The Morgan fingerprint density at radius 1 is 1.39 bits per heavy atom. The number of anilines is 1. The average molecular weight is 260 g/mol. The van der Waals surface area contributed by atoms with Crippen LogP contribution in [0.2, 0.25) is 0 Å². The summed E-state index contributed by atoms with van der Waals surface area (Å²) >= 11 is 1.77. The Kier molecular flexibility index (Phi) is 2.81. The van der Waals surface area contributed by atoms with Crippen LogP contribution < -0.4 is 5.32 Å². The van der Waals surface area contributed by atoms with E-state index >= 15 is 0 Å². The van der Waals surface area contributed by atoms with Gasteiger partial charge in [0.15, 0.2) is 0 Å². The molecular weight excluding hydrogens is 240 g/mol. The van der Waals surface area contributed by atoms with Crippen molar-refractivity contribution in [3.05, 3.63) is 23.2 Å². The van der Waals surface area contributed by atoms with Crippen LogP contribution in [0.3, 0.4) is 0 Å². The van der Waals surface area contributed by atoms with Gasteiger partial charge < -0.3 is 5.32 Å². The Balaban J connectivity index is 1.86. The lowest BCUT2D eigenvalue weighted by atomic mass is 9.87. The van der Waals surface area contributed by atoms with Crippen LogP contribution in [0, 0.1) is 12.3 Å². The molecule has 1 atom stereocenters. The van der Waals surface area contributed by atoms with Gasteiger partial charge >= 0.3 is 0 Å². The van der Waals surface area contributed by atoms with Crippen molar-refractivity contribution in [1.82, 2.24) is 4.98 Å². The molecular formula is C15H20N2S. The van der Waals surface area contributed by atoms with Gasteiger partial charge in [-0.05, 0) is 43.4 Å². The fourth-order valence-electron chi connectivity index (χ4n) is 2.93. The van der Waals surface area contributed by atoms with Crippen molar-refractivity contribution in [3.8, 4) is 0 Å². The molecule has 0 radical (unpaired) electrons. The van der Waals surface area contributed by atoms with E-state index in [0.717, 1.165) is 10.5 Å². The molecule has 18 heavy (non-hydrogen) atoms. The zero-order chi connectivity index (χ0) is 12.8. The zero-order valence-electron chi connectivity index (χ0n) is 11.3. The van der Waals surface area contributed by atoms with E-state index in [1.165, 1.54) is 29.6 Å². The topological polar surface area (TPSA) is 24.9 Å². The SMILES string of the molecule is Cc1nc2ccc(NC3CCCC3(C)C)cc2s1. The Morgan fingerprint density at radius 2 is 2.22 bits per heavy atom. The quantitative estimate of drug-likeness (QED) is 0.854. The van der Waals surface area contributed by atoms with Crippen LogP contribution in [0.15, 0.2) is 18.2 Å². The molecule has 1 aliphatic carbocycles. The van der Waals surface area contributed by atoms with Crippen molar-refractivity contribution in [2.75, 3.05) is 5.32 Å². The maximum atomic E-state index is 4.51. The van der Waals surface area contributed by atoms with Gasteiger partial charge in [0.1, 0.15) is 0 Å². The number of nitrogens with one attached hydrogen (secondary N) is 1. The number of fused-ring (bicyclic) bond motifs is 1. The molecule has 0 amide bonds. The van der Waals surface area contributed by atoms with Crippen molar-refractivity contribution >= 4 is 27.2 Å². The molecule has 1 unspecified atom stereocenters. The number of hydrogen-bond acceptors (Lipinski definition) is 3. The molecule has 2 nitrogen and oxygen atoms in total. The van der Waals surface area contributed by atoms with Gasteiger partial charge in [0, 0.05) is 11.7 Å². The van der Waals surface area contributed by atoms with E-state index in [0.29, 0.717) is 11.5 Å². The minimum atomic E-state index is 0.415. The minimum Gasteiger partial charge on any atom is -0.382 e. The minimum absolute atomic E-state index is 0.415. The summed E-state index contributed by atoms with van der Waals surface area (Å²) in [5.41, 5.74) is 2.78. The molecule has 0 bridgehead atoms. The van der Waals surface area contributed by atoms with Gasteiger partial charge in [-0.15, -0.1) is 11.3 Å². The van der Waals surface area contributed by atoms with Crippen LogP contribution in [0.1, 0.15) is 38.1 Å². The summed E-state index contributed by atoms with van der Waals surface area (Å²) in [7, 11) is 0. The lowest BCUT2D eigenvalue weighted by Crippen LogP contribution is -2.30. The van der Waals surface area contributed by atoms with E-state index in [-0.39, 0.29) is 0 Å². The monoisotopic (exact) mass is 260 g/mol. The molecule has 1 heterocycles. The van der Waals surface area contributed by atoms with E-state index in [1.807, 2.05) is 0 Å². The van der Waals surface area contributed by atoms with Crippen molar-refractivity contribution in [1.29, 1.82) is 0 Å². The van der Waals surface area contributed by atoms with E-state index in [1.54, 1.807) is 11.3 Å². The van der Waals surface area contributed by atoms with Gasteiger partial charge in [-0.3, -0.25) is 0 Å². The lowest BCUT2D eigenvalue weighted by Gasteiger charge is -2.28. The van der Waals surface area contributed by atoms with Crippen LogP contribution in [-0.2, 0) is 0 Å². The lowest BCUT2D eigenvalue weighted by molar-refractivity contribution is 0.350. The first-order chi connectivity index (χ1) is 8.54. The van der Waals surface area contributed by atoms with E-state index in [9.17, 15) is 0 Å². The third-order valence-corrected chi connectivity index (χ3v) is 5.03. The molecule has 1 aliphatic rings. The van der Waals surface area contributed by atoms with Gasteiger partial charge in [-0.25, -0.2) is 4.98 Å². The van der Waals surface area contributed by atoms with Gasteiger partial charge in [-0.1, -0.05) is 20.3 Å². The molecule has 1 aromatic heterocycles. The standard InChI is InChI=1S/C15H20N2S/c1-10-16-12-7-6-11(9-13(12)18-10)17-14-5-4-8-15(14,2)3/h6-7,9,14,17H,4-5,8H2,1-3H3. The summed E-state index contributed by atoms with van der Waals surface area (Å²) in [6, 6.07) is 7.14. The molecule has 96 valence electrons. The molecule has 1 N–H and O–H groups in total. The summed E-state index contributed by atoms with van der Waals surface area (Å²) in [6.45, 7) is 6.80. The second kappa shape index (κ2) is 4.23. The van der Waals surface area contributed by atoms with Gasteiger partial charge in [-0.2, -0.15) is 0 Å². The maximum Gasteiger partial charge on any atom is 0.0907 e. The highest BCUT2D eigenvalue weighted by molar-refractivity contribution is 7.18. The van der Waals surface area contributed by atoms with Crippen LogP contribution >= 0.6 is 11.3 Å². The first-order valence-corrected chi connectivity index (χ1v) is 7.50. The first-order valence-electron chi connectivity index (χ1n) is 6.68. The second-order valence-electron chi connectivity index (χ2n) is 5.99. The number of hydrogen-bond donors (Lipinski definition) is 1. The van der Waals surface area contributed by atoms with Crippen LogP contribution in [0.25, 0.3) is 10.2 Å². The van der Waals surface area contributed by atoms with E-state index in [4.69, 9.17) is 0 Å². The number of aromatic nitrogens is 1. The molecule has 0 saturated heterocycles. The van der Waals surface area contributed by atoms with Gasteiger partial charge in [0.25, 0.3) is 0 Å². The number of nitrogens with zero attached hydrogens (tertiary/aromatic N) is 1. The highest BCUT2D eigenvalue weighted by Crippen LogP contribution is 2.39. The molecule has 1 saturated carbocycles. The Hall–Kier alpha value is -1.09. The molecule has 0 aliphatic heterocycles. The number of thiazole rings is 1. The van der Waals surface area contributed by atoms with Crippen molar-refractivity contribution in [3.63, 3.8) is 0 Å². The summed E-state index contributed by atoms with van der Waals surface area (Å²) in [6.07, 6.45) is 3.95. The third-order valence-electron chi connectivity index (χ3n) is 4.09. The van der Waals surface area contributed by atoms with E-state index in [2.05, 4.69) is 49.3 Å². The fourth-order valence-corrected chi connectivity index (χ4v) is 3.79. The van der Waals surface area contributed by atoms with Crippen molar-refractivity contribution in [2.45, 2.75) is 46.1 Å². The predicted octanol–water partition coefficient (Wildman–Crippen LogP) is 4.60. The van der Waals surface area contributed by atoms with Gasteiger partial charge in [0.2, 0.25) is 0 Å². The second-order valence-corrected chi connectivity index (χ2v) is 7.23. The Bertz CT molecular complexity index is 571. The maximum absolute atomic E-state index is 4.51. The van der Waals surface area contributed by atoms with Gasteiger partial charge in [0.05, 0.1) is 15.2 Å². The first kappa shape index (κ1) is 12.0. The van der Waals surface area contributed by atoms with E-state index < -0.39 is 0 Å². The Morgan fingerprint density at radius 3 is 2.94 bits per heavy atom. The smallest absolute Gasteiger partial charge is 0.0907 e. The zero-order valence-corrected chi connectivity index (χ0v) is 12.1. The van der Waals surface area contributed by atoms with Crippen LogP contribution in [0.5, 0.6) is 0 Å². The normalized spacial score (nSPS) is 22.5. The summed E-state index contributed by atoms with van der Waals surface area (Å²) in [4.78, 5) is 4.51. The molecule has 1 aromatic carbocycles. The summed E-state index contributed by atoms with van der Waals surface area (Å²) in [5, 5.41) is 4.85. The van der Waals surface area contributed by atoms with Crippen LogP contribution in [-0.4, -0.2) is 11.0 Å². The number of benzene rings is 1. The van der Waals surface area contributed by atoms with Crippen LogP contribution in [0.4, 0.5) is 5.69 Å². The predicted molar refractivity (Wildman–Crippen MR) is 79.4 cm³/mol. The number of rotatable bonds is 2. The Labute approximate surface area is 112 Å².